The number of nitrogens with zero attached hydrogens (tertiary/aromatic N) is 3. The maximum atomic E-state index is 12.6. The third-order valence-electron chi connectivity index (χ3n) is 4.98. The van der Waals surface area contributed by atoms with Gasteiger partial charge in [-0.15, -0.1) is 0 Å². The van der Waals surface area contributed by atoms with Crippen molar-refractivity contribution in [3.05, 3.63) is 54.4 Å². The lowest BCUT2D eigenvalue weighted by Crippen LogP contribution is -2.47. The van der Waals surface area contributed by atoms with Crippen LogP contribution in [0.1, 0.15) is 31.7 Å². The highest BCUT2D eigenvalue weighted by molar-refractivity contribution is 5.94. The van der Waals surface area contributed by atoms with E-state index in [0.29, 0.717) is 6.42 Å². The number of rotatable bonds is 6. The molecule has 0 radical (unpaired) electrons. The Balaban J connectivity index is 1.68. The van der Waals surface area contributed by atoms with Gasteiger partial charge in [-0.2, -0.15) is 0 Å². The Hall–Kier alpha value is -2.40. The quantitative estimate of drug-likeness (QED) is 0.797. The predicted octanol–water partition coefficient (Wildman–Crippen LogP) is 3.50. The summed E-state index contributed by atoms with van der Waals surface area (Å²) in [5.74, 6) is 0.956. The van der Waals surface area contributed by atoms with E-state index < -0.39 is 0 Å². The van der Waals surface area contributed by atoms with Crippen LogP contribution in [0, 0.1) is 0 Å². The number of benzene rings is 1. The van der Waals surface area contributed by atoms with Crippen LogP contribution in [0.4, 0.5) is 5.69 Å². The second-order valence-electron chi connectivity index (χ2n) is 6.68. The third kappa shape index (κ3) is 4.41. The van der Waals surface area contributed by atoms with Gasteiger partial charge >= 0.3 is 0 Å². The number of pyridine rings is 1. The smallest absolute Gasteiger partial charge is 0.226 e. The largest absolute Gasteiger partial charge is 0.497 e. The highest BCUT2D eigenvalue weighted by atomic mass is 16.5. The van der Waals surface area contributed by atoms with Gasteiger partial charge < -0.3 is 9.64 Å². The van der Waals surface area contributed by atoms with Gasteiger partial charge in [0.15, 0.2) is 0 Å². The molecule has 138 valence electrons. The van der Waals surface area contributed by atoms with Crippen molar-refractivity contribution in [3.63, 3.8) is 0 Å². The van der Waals surface area contributed by atoms with Gasteiger partial charge in [-0.25, -0.2) is 0 Å². The highest BCUT2D eigenvalue weighted by Crippen LogP contribution is 2.28. The number of likely N-dealkylation sites (tertiary alicyclic amines) is 1. The molecule has 0 atom stereocenters. The molecule has 1 amide bonds. The van der Waals surface area contributed by atoms with E-state index >= 15 is 0 Å². The van der Waals surface area contributed by atoms with Crippen molar-refractivity contribution in [2.75, 3.05) is 25.1 Å². The number of aromatic nitrogens is 1. The van der Waals surface area contributed by atoms with Crippen LogP contribution in [0.5, 0.6) is 5.75 Å². The van der Waals surface area contributed by atoms with E-state index in [0.717, 1.165) is 43.9 Å². The molecular weight excluding hydrogens is 326 g/mol. The van der Waals surface area contributed by atoms with Crippen molar-refractivity contribution in [1.82, 2.24) is 9.88 Å². The Bertz CT molecular complexity index is 712. The molecule has 26 heavy (non-hydrogen) atoms. The lowest BCUT2D eigenvalue weighted by Gasteiger charge is -2.38. The maximum absolute atomic E-state index is 12.6. The molecule has 1 aromatic heterocycles. The Labute approximate surface area is 155 Å². The average Bonchev–Trinajstić information content (AvgIpc) is 2.70. The normalized spacial score (nSPS) is 15.6. The van der Waals surface area contributed by atoms with Crippen LogP contribution in [0.2, 0.25) is 0 Å². The first-order valence-corrected chi connectivity index (χ1v) is 9.28. The number of carbonyl (C=O) groups excluding carboxylic acids is 1. The Morgan fingerprint density at radius 2 is 1.96 bits per heavy atom. The van der Waals surface area contributed by atoms with Gasteiger partial charge in [0.1, 0.15) is 5.75 Å². The molecule has 1 fully saturated rings. The SMILES string of the molecule is CCC(=O)N(c1cccc(OC)c1)C1CCN(Cc2ccncc2)CC1. The summed E-state index contributed by atoms with van der Waals surface area (Å²) in [5.41, 5.74) is 2.22. The van der Waals surface area contributed by atoms with Crippen molar-refractivity contribution >= 4 is 11.6 Å². The van der Waals surface area contributed by atoms with Gasteiger partial charge in [0.2, 0.25) is 5.91 Å². The summed E-state index contributed by atoms with van der Waals surface area (Å²) in [7, 11) is 1.66. The zero-order valence-electron chi connectivity index (χ0n) is 15.6. The fourth-order valence-electron chi connectivity index (χ4n) is 3.57. The summed E-state index contributed by atoms with van der Waals surface area (Å²) in [6.07, 6.45) is 6.15. The van der Waals surface area contributed by atoms with Crippen molar-refractivity contribution in [2.45, 2.75) is 38.8 Å². The lowest BCUT2D eigenvalue weighted by molar-refractivity contribution is -0.119. The Kier molecular flexibility index (Phi) is 6.23. The maximum Gasteiger partial charge on any atom is 0.226 e. The van der Waals surface area contributed by atoms with E-state index in [-0.39, 0.29) is 11.9 Å². The number of hydrogen-bond donors (Lipinski definition) is 0. The van der Waals surface area contributed by atoms with Crippen molar-refractivity contribution < 1.29 is 9.53 Å². The van der Waals surface area contributed by atoms with Crippen LogP contribution in [0.3, 0.4) is 0 Å². The van der Waals surface area contributed by atoms with Gasteiger partial charge in [-0.1, -0.05) is 13.0 Å². The van der Waals surface area contributed by atoms with Gasteiger partial charge in [0.05, 0.1) is 7.11 Å². The summed E-state index contributed by atoms with van der Waals surface area (Å²) in [6, 6.07) is 12.2. The summed E-state index contributed by atoms with van der Waals surface area (Å²) in [4.78, 5) is 21.2. The molecular formula is C21H27N3O2. The number of piperidine rings is 1. The number of amides is 1. The molecule has 0 unspecified atom stereocenters. The van der Waals surface area contributed by atoms with Crippen molar-refractivity contribution in [1.29, 1.82) is 0 Å². The molecule has 1 aromatic carbocycles. The monoisotopic (exact) mass is 353 g/mol. The summed E-state index contributed by atoms with van der Waals surface area (Å²) in [5, 5.41) is 0. The minimum atomic E-state index is 0.172. The van der Waals surface area contributed by atoms with Crippen LogP contribution in [-0.2, 0) is 11.3 Å². The molecule has 1 saturated heterocycles. The van der Waals surface area contributed by atoms with Gasteiger partial charge in [-0.05, 0) is 42.7 Å². The minimum Gasteiger partial charge on any atom is -0.497 e. The predicted molar refractivity (Wildman–Crippen MR) is 103 cm³/mol. The van der Waals surface area contributed by atoms with Crippen molar-refractivity contribution in [2.24, 2.45) is 0 Å². The van der Waals surface area contributed by atoms with Gasteiger partial charge in [0.25, 0.3) is 0 Å². The third-order valence-corrected chi connectivity index (χ3v) is 4.98. The molecule has 2 heterocycles. The molecule has 0 spiro atoms. The van der Waals surface area contributed by atoms with Gasteiger partial charge in [-0.3, -0.25) is 14.7 Å². The first-order chi connectivity index (χ1) is 12.7. The fraction of sp³-hybridized carbons (Fsp3) is 0.429. The second-order valence-corrected chi connectivity index (χ2v) is 6.68. The van der Waals surface area contributed by atoms with E-state index in [1.165, 1.54) is 5.56 Å². The molecule has 0 N–H and O–H groups in total. The summed E-state index contributed by atoms with van der Waals surface area (Å²) >= 11 is 0. The number of anilines is 1. The topological polar surface area (TPSA) is 45.7 Å². The molecule has 5 heteroatoms. The lowest BCUT2D eigenvalue weighted by atomic mass is 10.0. The number of ether oxygens (including phenoxy) is 1. The van der Waals surface area contributed by atoms with E-state index in [1.54, 1.807) is 7.11 Å². The molecule has 2 aromatic rings. The number of hydrogen-bond acceptors (Lipinski definition) is 4. The van der Waals surface area contributed by atoms with Crippen LogP contribution < -0.4 is 9.64 Å². The van der Waals surface area contributed by atoms with E-state index in [4.69, 9.17) is 4.74 Å². The second kappa shape index (κ2) is 8.81. The van der Waals surface area contributed by atoms with Gasteiger partial charge in [0, 0.05) is 56.2 Å². The molecule has 0 bridgehead atoms. The van der Waals surface area contributed by atoms with E-state index in [1.807, 2.05) is 48.5 Å². The molecule has 1 aliphatic heterocycles. The number of methoxy groups -OCH3 is 1. The van der Waals surface area contributed by atoms with E-state index in [9.17, 15) is 4.79 Å². The molecule has 5 nitrogen and oxygen atoms in total. The zero-order chi connectivity index (χ0) is 18.4. The van der Waals surface area contributed by atoms with E-state index in [2.05, 4.69) is 22.0 Å². The Morgan fingerprint density at radius 1 is 1.23 bits per heavy atom. The average molecular weight is 353 g/mol. The first-order valence-electron chi connectivity index (χ1n) is 9.28. The van der Waals surface area contributed by atoms with Crippen LogP contribution in [0.15, 0.2) is 48.8 Å². The highest BCUT2D eigenvalue weighted by Gasteiger charge is 2.28. The standard InChI is InChI=1S/C21H27N3O2/c1-3-21(25)24(19-5-4-6-20(15-19)26-2)18-9-13-23(14-10-18)16-17-7-11-22-12-8-17/h4-8,11-12,15,18H,3,9-10,13-14,16H2,1-2H3. The van der Waals surface area contributed by atoms with Crippen LogP contribution in [0.25, 0.3) is 0 Å². The fourth-order valence-corrected chi connectivity index (χ4v) is 3.57. The van der Waals surface area contributed by atoms with Crippen LogP contribution in [-0.4, -0.2) is 42.0 Å². The molecule has 0 aliphatic carbocycles. The molecule has 3 rings (SSSR count). The molecule has 1 aliphatic rings. The molecule has 0 saturated carbocycles. The van der Waals surface area contributed by atoms with Crippen LogP contribution >= 0.6 is 0 Å². The summed E-state index contributed by atoms with van der Waals surface area (Å²) in [6.45, 7) is 4.85. The zero-order valence-corrected chi connectivity index (χ0v) is 15.6. The number of carbonyl (C=O) groups is 1. The Morgan fingerprint density at radius 3 is 2.62 bits per heavy atom. The van der Waals surface area contributed by atoms with Crippen molar-refractivity contribution in [3.8, 4) is 5.75 Å². The first kappa shape index (κ1) is 18.4. The minimum absolute atomic E-state index is 0.172. The summed E-state index contributed by atoms with van der Waals surface area (Å²) < 4.78 is 5.34.